The second-order valence-electron chi connectivity index (χ2n) is 6.08. The summed E-state index contributed by atoms with van der Waals surface area (Å²) in [6.45, 7) is 3.85. The molecule has 1 fully saturated rings. The average molecular weight is 342 g/mol. The maximum atomic E-state index is 13.9. The van der Waals surface area contributed by atoms with Crippen LogP contribution in [-0.2, 0) is 4.79 Å². The van der Waals surface area contributed by atoms with Crippen LogP contribution >= 0.6 is 0 Å². The topological polar surface area (TPSA) is 23.6 Å². The highest BCUT2D eigenvalue weighted by molar-refractivity contribution is 5.97. The number of nitrogens with zero attached hydrogens (tertiary/aromatic N) is 2. The molecule has 0 atom stereocenters. The molecule has 0 aliphatic carbocycles. The van der Waals surface area contributed by atoms with E-state index in [-0.39, 0.29) is 17.5 Å². The van der Waals surface area contributed by atoms with E-state index in [9.17, 15) is 13.6 Å². The van der Waals surface area contributed by atoms with Gasteiger partial charge in [0.05, 0.1) is 5.69 Å². The molecule has 5 heteroatoms. The van der Waals surface area contributed by atoms with Crippen LogP contribution in [0.15, 0.2) is 54.1 Å². The van der Waals surface area contributed by atoms with E-state index in [2.05, 4.69) is 0 Å². The van der Waals surface area contributed by atoms with E-state index >= 15 is 0 Å². The molecule has 0 aromatic heterocycles. The number of piperazine rings is 1. The van der Waals surface area contributed by atoms with Crippen LogP contribution < -0.4 is 4.90 Å². The third kappa shape index (κ3) is 3.87. The van der Waals surface area contributed by atoms with Gasteiger partial charge in [-0.1, -0.05) is 30.3 Å². The van der Waals surface area contributed by atoms with Crippen molar-refractivity contribution in [3.8, 4) is 0 Å². The van der Waals surface area contributed by atoms with E-state index in [1.807, 2.05) is 4.90 Å². The lowest BCUT2D eigenvalue weighted by Gasteiger charge is -2.36. The number of halogens is 2. The summed E-state index contributed by atoms with van der Waals surface area (Å²) in [6, 6.07) is 13.0. The van der Waals surface area contributed by atoms with Crippen LogP contribution in [-0.4, -0.2) is 37.0 Å². The Morgan fingerprint density at radius 1 is 0.920 bits per heavy atom. The molecule has 3 rings (SSSR count). The summed E-state index contributed by atoms with van der Waals surface area (Å²) < 4.78 is 27.6. The highest BCUT2D eigenvalue weighted by Gasteiger charge is 2.23. The van der Waals surface area contributed by atoms with E-state index in [4.69, 9.17) is 0 Å². The Morgan fingerprint density at radius 2 is 1.52 bits per heavy atom. The summed E-state index contributed by atoms with van der Waals surface area (Å²) in [6.07, 6.45) is 1.57. The zero-order valence-electron chi connectivity index (χ0n) is 14.1. The van der Waals surface area contributed by atoms with Gasteiger partial charge in [-0.25, -0.2) is 8.78 Å². The lowest BCUT2D eigenvalue weighted by atomic mass is 10.1. The van der Waals surface area contributed by atoms with Crippen LogP contribution in [0.2, 0.25) is 0 Å². The maximum absolute atomic E-state index is 13.9. The summed E-state index contributed by atoms with van der Waals surface area (Å²) in [4.78, 5) is 16.2. The molecule has 0 radical (unpaired) electrons. The van der Waals surface area contributed by atoms with Crippen molar-refractivity contribution >= 4 is 17.7 Å². The average Bonchev–Trinajstić information content (AvgIpc) is 2.63. The molecule has 2 aromatic carbocycles. The van der Waals surface area contributed by atoms with E-state index in [0.29, 0.717) is 43.0 Å². The van der Waals surface area contributed by atoms with Crippen LogP contribution in [0.3, 0.4) is 0 Å². The maximum Gasteiger partial charge on any atom is 0.249 e. The highest BCUT2D eigenvalue weighted by Crippen LogP contribution is 2.21. The molecule has 1 aliphatic rings. The fourth-order valence-electron chi connectivity index (χ4n) is 3.00. The molecule has 1 amide bonds. The Hall–Kier alpha value is -2.69. The Morgan fingerprint density at radius 3 is 2.16 bits per heavy atom. The molecular formula is C20H20F2N2O. The second kappa shape index (κ2) is 7.47. The number of carbonyl (C=O) groups is 1. The SMILES string of the molecule is C/C(=C\c1ccccc1F)C(=O)N1CCN(c2ccccc2F)CC1. The minimum atomic E-state index is -0.348. The summed E-state index contributed by atoms with van der Waals surface area (Å²) in [7, 11) is 0. The van der Waals surface area contributed by atoms with Gasteiger partial charge in [0.1, 0.15) is 11.6 Å². The van der Waals surface area contributed by atoms with Crippen molar-refractivity contribution in [1.82, 2.24) is 4.90 Å². The van der Waals surface area contributed by atoms with Crippen LogP contribution in [0.5, 0.6) is 0 Å². The van der Waals surface area contributed by atoms with Gasteiger partial charge in [0, 0.05) is 37.3 Å². The fourth-order valence-corrected chi connectivity index (χ4v) is 3.00. The third-order valence-electron chi connectivity index (χ3n) is 4.37. The smallest absolute Gasteiger partial charge is 0.249 e. The van der Waals surface area contributed by atoms with Crippen molar-refractivity contribution in [2.45, 2.75) is 6.92 Å². The first-order valence-electron chi connectivity index (χ1n) is 8.28. The fraction of sp³-hybridized carbons (Fsp3) is 0.250. The highest BCUT2D eigenvalue weighted by atomic mass is 19.1. The number of para-hydroxylation sites is 1. The monoisotopic (exact) mass is 342 g/mol. The van der Waals surface area contributed by atoms with Gasteiger partial charge in [-0.15, -0.1) is 0 Å². The summed E-state index contributed by atoms with van der Waals surface area (Å²) in [5.41, 5.74) is 1.45. The van der Waals surface area contributed by atoms with Crippen LogP contribution in [0.1, 0.15) is 12.5 Å². The number of hydrogen-bond donors (Lipinski definition) is 0. The first kappa shape index (κ1) is 17.1. The zero-order chi connectivity index (χ0) is 17.8. The van der Waals surface area contributed by atoms with E-state index < -0.39 is 0 Å². The van der Waals surface area contributed by atoms with Gasteiger partial charge >= 0.3 is 0 Å². The normalized spacial score (nSPS) is 15.4. The van der Waals surface area contributed by atoms with Gasteiger partial charge in [-0.3, -0.25) is 4.79 Å². The van der Waals surface area contributed by atoms with Gasteiger partial charge in [-0.2, -0.15) is 0 Å². The summed E-state index contributed by atoms with van der Waals surface area (Å²) >= 11 is 0. The van der Waals surface area contributed by atoms with Crippen LogP contribution in [0, 0.1) is 11.6 Å². The lowest BCUT2D eigenvalue weighted by Crippen LogP contribution is -2.49. The van der Waals surface area contributed by atoms with Gasteiger partial charge in [0.25, 0.3) is 0 Å². The minimum Gasteiger partial charge on any atom is -0.366 e. The van der Waals surface area contributed by atoms with E-state index in [1.54, 1.807) is 54.3 Å². The minimum absolute atomic E-state index is 0.114. The molecule has 0 spiro atoms. The predicted octanol–water partition coefficient (Wildman–Crippen LogP) is 3.72. The third-order valence-corrected chi connectivity index (χ3v) is 4.37. The van der Waals surface area contributed by atoms with Crippen molar-refractivity contribution in [2.24, 2.45) is 0 Å². The van der Waals surface area contributed by atoms with E-state index in [0.717, 1.165) is 0 Å². The van der Waals surface area contributed by atoms with Crippen LogP contribution in [0.4, 0.5) is 14.5 Å². The Kier molecular flexibility index (Phi) is 5.12. The molecule has 0 N–H and O–H groups in total. The Bertz CT molecular complexity index is 796. The standard InChI is InChI=1S/C20H20F2N2O/c1-15(14-16-6-2-3-7-17(16)21)20(25)24-12-10-23(11-13-24)19-9-5-4-8-18(19)22/h2-9,14H,10-13H2,1H3/b15-14+. The van der Waals surface area contributed by atoms with Crippen molar-refractivity contribution in [3.05, 3.63) is 71.3 Å². The molecule has 1 aliphatic heterocycles. The second-order valence-corrected chi connectivity index (χ2v) is 6.08. The molecule has 1 saturated heterocycles. The van der Waals surface area contributed by atoms with Crippen LogP contribution in [0.25, 0.3) is 6.08 Å². The molecule has 2 aromatic rings. The first-order valence-corrected chi connectivity index (χ1v) is 8.28. The van der Waals surface area contributed by atoms with Gasteiger partial charge in [0.2, 0.25) is 5.91 Å². The predicted molar refractivity (Wildman–Crippen MR) is 95.2 cm³/mol. The molecular weight excluding hydrogens is 322 g/mol. The van der Waals surface area contributed by atoms with Crippen molar-refractivity contribution in [2.75, 3.05) is 31.1 Å². The number of rotatable bonds is 3. The number of anilines is 1. The summed E-state index contributed by atoms with van der Waals surface area (Å²) in [5.74, 6) is -0.714. The Balaban J connectivity index is 1.65. The van der Waals surface area contributed by atoms with Gasteiger partial charge in [-0.05, 0) is 31.2 Å². The zero-order valence-corrected chi connectivity index (χ0v) is 14.1. The molecule has 0 bridgehead atoms. The molecule has 3 nitrogen and oxygen atoms in total. The van der Waals surface area contributed by atoms with Crippen molar-refractivity contribution in [1.29, 1.82) is 0 Å². The van der Waals surface area contributed by atoms with Crippen molar-refractivity contribution < 1.29 is 13.6 Å². The molecule has 0 saturated carbocycles. The quantitative estimate of drug-likeness (QED) is 0.794. The number of hydrogen-bond acceptors (Lipinski definition) is 2. The lowest BCUT2D eigenvalue weighted by molar-refractivity contribution is -0.127. The Labute approximate surface area is 146 Å². The molecule has 0 unspecified atom stereocenters. The molecule has 25 heavy (non-hydrogen) atoms. The number of benzene rings is 2. The molecule has 130 valence electrons. The number of amides is 1. The largest absolute Gasteiger partial charge is 0.366 e. The van der Waals surface area contributed by atoms with Gasteiger partial charge in [0.15, 0.2) is 0 Å². The summed E-state index contributed by atoms with van der Waals surface area (Å²) in [5, 5.41) is 0. The van der Waals surface area contributed by atoms with E-state index in [1.165, 1.54) is 12.1 Å². The van der Waals surface area contributed by atoms with Gasteiger partial charge < -0.3 is 9.80 Å². The molecule has 1 heterocycles. The first-order chi connectivity index (χ1) is 12.1. The number of carbonyl (C=O) groups excluding carboxylic acids is 1. The van der Waals surface area contributed by atoms with Crippen molar-refractivity contribution in [3.63, 3.8) is 0 Å².